The van der Waals surface area contributed by atoms with E-state index in [0.717, 1.165) is 12.8 Å². The molecule has 2 bridgehead atoms. The van der Waals surface area contributed by atoms with E-state index in [1.165, 1.54) is 11.1 Å². The molecule has 0 aromatic heterocycles. The van der Waals surface area contributed by atoms with Gasteiger partial charge in [0.2, 0.25) is 0 Å². The average Bonchev–Trinajstić information content (AvgIpc) is 3.22. The maximum absolute atomic E-state index is 14.4. The van der Waals surface area contributed by atoms with Crippen LogP contribution in [0.15, 0.2) is 65.0 Å². The molecule has 2 aliphatic carbocycles. The monoisotopic (exact) mass is 518 g/mol. The van der Waals surface area contributed by atoms with Gasteiger partial charge in [-0.2, -0.15) is 0 Å². The third-order valence-corrected chi connectivity index (χ3v) is 8.98. The van der Waals surface area contributed by atoms with Crippen LogP contribution in [0.25, 0.3) is 0 Å². The van der Waals surface area contributed by atoms with Gasteiger partial charge in [0, 0.05) is 12.0 Å². The van der Waals surface area contributed by atoms with Gasteiger partial charge in [0.15, 0.2) is 17.3 Å². The third kappa shape index (κ3) is 4.75. The second kappa shape index (κ2) is 10.1. The van der Waals surface area contributed by atoms with E-state index in [0.29, 0.717) is 18.4 Å². The average molecular weight is 519 g/mol. The van der Waals surface area contributed by atoms with Crippen LogP contribution in [0, 0.1) is 22.7 Å². The summed E-state index contributed by atoms with van der Waals surface area (Å²) in [6, 6.07) is 8.73. The Morgan fingerprint density at radius 3 is 2.26 bits per heavy atom. The Bertz CT molecular complexity index is 1220. The number of hydrogen-bond donors (Lipinski definition) is 1. The highest BCUT2D eigenvalue weighted by atomic mass is 16.5. The summed E-state index contributed by atoms with van der Waals surface area (Å²) in [4.78, 5) is 42.7. The van der Waals surface area contributed by atoms with Crippen molar-refractivity contribution in [2.24, 2.45) is 22.7 Å². The van der Waals surface area contributed by atoms with E-state index in [1.807, 2.05) is 19.9 Å². The van der Waals surface area contributed by atoms with Crippen LogP contribution in [0.3, 0.4) is 0 Å². The molecular weight excluding hydrogens is 476 g/mol. The molecule has 1 saturated heterocycles. The maximum atomic E-state index is 14.4. The Morgan fingerprint density at radius 1 is 1.05 bits per heavy atom. The first kappa shape index (κ1) is 28.2. The Hall–Kier alpha value is -2.79. The van der Waals surface area contributed by atoms with Gasteiger partial charge in [-0.3, -0.25) is 14.4 Å². The number of Topliss-reactive ketones (excluding diaryl/α,β-unsaturated/α-hetero) is 3. The molecule has 1 aromatic carbocycles. The number of carbonyl (C=O) groups excluding carboxylic acids is 3. The van der Waals surface area contributed by atoms with Gasteiger partial charge in [-0.1, -0.05) is 60.6 Å². The summed E-state index contributed by atoms with van der Waals surface area (Å²) in [6.45, 7) is 13.6. The molecule has 2 fully saturated rings. The van der Waals surface area contributed by atoms with Crippen molar-refractivity contribution in [1.82, 2.24) is 0 Å². The fourth-order valence-corrected chi connectivity index (χ4v) is 6.73. The molecule has 3 aliphatic rings. The second-order valence-electron chi connectivity index (χ2n) is 12.9. The molecule has 1 N–H and O–H groups in total. The molecule has 4 rings (SSSR count). The minimum atomic E-state index is -1.24. The summed E-state index contributed by atoms with van der Waals surface area (Å²) in [5.41, 5.74) is -0.150. The zero-order valence-corrected chi connectivity index (χ0v) is 23.9. The number of carbonyl (C=O) groups is 3. The van der Waals surface area contributed by atoms with Crippen LogP contribution in [-0.4, -0.2) is 34.2 Å². The molecule has 38 heavy (non-hydrogen) atoms. The zero-order chi connectivity index (χ0) is 28.0. The lowest BCUT2D eigenvalue weighted by Crippen LogP contribution is -2.59. The van der Waals surface area contributed by atoms with Gasteiger partial charge in [-0.25, -0.2) is 0 Å². The predicted molar refractivity (Wildman–Crippen MR) is 148 cm³/mol. The summed E-state index contributed by atoms with van der Waals surface area (Å²) in [5, 5.41) is 10.9. The first-order valence-electron chi connectivity index (χ1n) is 13.8. The highest BCUT2D eigenvalue weighted by Gasteiger charge is 2.69. The van der Waals surface area contributed by atoms with Crippen LogP contribution in [0.2, 0.25) is 0 Å². The van der Waals surface area contributed by atoms with E-state index in [2.05, 4.69) is 32.9 Å². The van der Waals surface area contributed by atoms with Crippen LogP contribution in [-0.2, 0) is 14.3 Å². The summed E-state index contributed by atoms with van der Waals surface area (Å²) in [5.74, 6) is -1.65. The van der Waals surface area contributed by atoms with Crippen molar-refractivity contribution < 1.29 is 24.2 Å². The molecule has 0 amide bonds. The number of ketones is 3. The molecule has 1 saturated carbocycles. The van der Waals surface area contributed by atoms with Crippen molar-refractivity contribution >= 4 is 17.3 Å². The quantitative estimate of drug-likeness (QED) is 0.182. The lowest BCUT2D eigenvalue weighted by molar-refractivity contribution is -0.155. The van der Waals surface area contributed by atoms with Crippen LogP contribution in [0.4, 0.5) is 0 Å². The number of ether oxygens (including phenoxy) is 1. The van der Waals surface area contributed by atoms with Gasteiger partial charge < -0.3 is 9.84 Å². The predicted octanol–water partition coefficient (Wildman–Crippen LogP) is 6.57. The fraction of sp³-hybridized carbons (Fsp3) is 0.545. The van der Waals surface area contributed by atoms with Gasteiger partial charge >= 0.3 is 0 Å². The van der Waals surface area contributed by atoms with E-state index in [4.69, 9.17) is 4.74 Å². The molecule has 204 valence electrons. The van der Waals surface area contributed by atoms with Gasteiger partial charge in [-0.15, -0.1) is 0 Å². The zero-order valence-electron chi connectivity index (χ0n) is 23.9. The number of allylic oxidation sites excluding steroid dienone is 6. The van der Waals surface area contributed by atoms with Gasteiger partial charge in [0.25, 0.3) is 0 Å². The van der Waals surface area contributed by atoms with E-state index < -0.39 is 40.0 Å². The SMILES string of the molecule is CC(C)=CCC[C@@]1(C)[C@H](CC=C(C)C)C[C@@]23C[C@H](C(C)(C)O)OC2=C(C(=O)c2ccccc2)C(=O)[C@@H]1C3=O. The number of aliphatic hydroxyl groups is 1. The molecule has 1 heterocycles. The Kier molecular flexibility index (Phi) is 7.48. The van der Waals surface area contributed by atoms with Gasteiger partial charge in [-0.05, 0) is 78.6 Å². The maximum Gasteiger partial charge on any atom is 0.200 e. The van der Waals surface area contributed by atoms with Crippen molar-refractivity contribution in [3.05, 3.63) is 70.5 Å². The first-order chi connectivity index (χ1) is 17.7. The number of fused-ring (bicyclic) bond motifs is 1. The molecule has 0 unspecified atom stereocenters. The fourth-order valence-electron chi connectivity index (χ4n) is 6.73. The smallest absolute Gasteiger partial charge is 0.200 e. The lowest BCUT2D eigenvalue weighted by atomic mass is 9.46. The third-order valence-electron chi connectivity index (χ3n) is 8.98. The van der Waals surface area contributed by atoms with Crippen molar-refractivity contribution in [3.63, 3.8) is 0 Å². The van der Waals surface area contributed by atoms with Crippen molar-refractivity contribution in [1.29, 1.82) is 0 Å². The standard InChI is InChI=1S/C33H42O5/c1-20(2)12-11-17-32(7)23(16-15-21(3)4)18-33-19-24(31(5,6)37)38-30(33)25(28(35)26(32)29(33)36)27(34)22-13-9-8-10-14-22/h8-10,12-15,23-24,26,37H,11,16-19H2,1-7H3/t23-,24-,26-,32+,33+/m1/s1. The normalized spacial score (nSPS) is 30.5. The molecule has 0 radical (unpaired) electrons. The van der Waals surface area contributed by atoms with Crippen molar-refractivity contribution in [2.45, 2.75) is 92.3 Å². The Balaban J connectivity index is 1.93. The molecule has 1 spiro atoms. The lowest BCUT2D eigenvalue weighted by Gasteiger charge is -2.54. The van der Waals surface area contributed by atoms with E-state index in [1.54, 1.807) is 38.1 Å². The largest absolute Gasteiger partial charge is 0.490 e. The van der Waals surface area contributed by atoms with Gasteiger partial charge in [0.1, 0.15) is 17.4 Å². The summed E-state index contributed by atoms with van der Waals surface area (Å²) in [6.07, 6.45) is 6.61. The number of rotatable bonds is 8. The highest BCUT2D eigenvalue weighted by Crippen LogP contribution is 2.64. The number of benzene rings is 1. The van der Waals surface area contributed by atoms with Crippen molar-refractivity contribution in [2.75, 3.05) is 0 Å². The van der Waals surface area contributed by atoms with E-state index in [-0.39, 0.29) is 29.5 Å². The number of hydrogen-bond acceptors (Lipinski definition) is 5. The molecule has 1 aliphatic heterocycles. The summed E-state index contributed by atoms with van der Waals surface area (Å²) < 4.78 is 6.30. The Morgan fingerprint density at radius 2 is 1.68 bits per heavy atom. The minimum Gasteiger partial charge on any atom is -0.490 e. The second-order valence-corrected chi connectivity index (χ2v) is 12.9. The van der Waals surface area contributed by atoms with Crippen molar-refractivity contribution in [3.8, 4) is 0 Å². The first-order valence-corrected chi connectivity index (χ1v) is 13.8. The summed E-state index contributed by atoms with van der Waals surface area (Å²) >= 11 is 0. The van der Waals surface area contributed by atoms with Crippen LogP contribution in [0.5, 0.6) is 0 Å². The molecule has 5 atom stereocenters. The molecule has 5 nitrogen and oxygen atoms in total. The van der Waals surface area contributed by atoms with Crippen LogP contribution < -0.4 is 0 Å². The van der Waals surface area contributed by atoms with E-state index in [9.17, 15) is 19.5 Å². The molecular formula is C33H42O5. The van der Waals surface area contributed by atoms with Crippen LogP contribution in [0.1, 0.15) is 90.9 Å². The minimum absolute atomic E-state index is 0.00153. The Labute approximate surface area is 227 Å². The molecule has 5 heteroatoms. The van der Waals surface area contributed by atoms with Gasteiger partial charge in [0.05, 0.1) is 16.9 Å². The summed E-state index contributed by atoms with van der Waals surface area (Å²) in [7, 11) is 0. The highest BCUT2D eigenvalue weighted by molar-refractivity contribution is 6.33. The van der Waals surface area contributed by atoms with E-state index >= 15 is 0 Å². The topological polar surface area (TPSA) is 80.7 Å². The molecule has 1 aromatic rings. The van der Waals surface area contributed by atoms with Crippen LogP contribution >= 0.6 is 0 Å².